The van der Waals surface area contributed by atoms with Gasteiger partial charge < -0.3 is 9.47 Å². The Hall–Kier alpha value is -7.94. The Morgan fingerprint density at radius 3 is 1.82 bits per heavy atom. The average Bonchev–Trinajstić information content (AvgIpc) is 3.82. The number of nitrogens with zero attached hydrogens (tertiary/aromatic N) is 2. The maximum atomic E-state index is 2.52. The van der Waals surface area contributed by atoms with Crippen LogP contribution in [0.5, 0.6) is 0 Å². The molecule has 2 nitrogen and oxygen atoms in total. The van der Waals surface area contributed by atoms with E-state index in [4.69, 9.17) is 0 Å². The SMILES string of the molecule is c1ccc(-c2ccccc2-c2ccccc2N(c2ccc3c(c2)C2(c4ccccc4-3)c3ccccc3-n3c4ccccc4c4cccc2c43)c2cccc3ccccc23)cc1. The Balaban J connectivity index is 1.13. The van der Waals surface area contributed by atoms with Crippen LogP contribution in [-0.2, 0) is 5.41 Å². The minimum absolute atomic E-state index is 0.563. The molecule has 2 aliphatic rings. The lowest BCUT2D eigenvalue weighted by molar-refractivity contribution is 0.748. The maximum Gasteiger partial charge on any atom is 0.0755 e. The van der Waals surface area contributed by atoms with Gasteiger partial charge >= 0.3 is 0 Å². The van der Waals surface area contributed by atoms with Crippen LogP contribution in [0.1, 0.15) is 22.3 Å². The molecule has 0 fully saturated rings. The molecule has 0 saturated carbocycles. The Kier molecular flexibility index (Phi) is 7.26. The molecule has 1 unspecified atom stereocenters. The Labute approximate surface area is 354 Å². The summed E-state index contributed by atoms with van der Waals surface area (Å²) in [6.45, 7) is 0. The van der Waals surface area contributed by atoms with Gasteiger partial charge in [0.2, 0.25) is 0 Å². The molecular weight excluding hydrogens is 737 g/mol. The van der Waals surface area contributed by atoms with Gasteiger partial charge in [0.05, 0.1) is 33.5 Å². The van der Waals surface area contributed by atoms with Gasteiger partial charge in [0.15, 0.2) is 0 Å². The average molecular weight is 775 g/mol. The second kappa shape index (κ2) is 13.0. The van der Waals surface area contributed by atoms with Crippen LogP contribution in [0.3, 0.4) is 0 Å². The summed E-state index contributed by atoms with van der Waals surface area (Å²) in [6, 6.07) is 85.4. The smallest absolute Gasteiger partial charge is 0.0755 e. The molecule has 1 atom stereocenters. The number of hydrogen-bond acceptors (Lipinski definition) is 1. The zero-order valence-electron chi connectivity index (χ0n) is 33.3. The highest BCUT2D eigenvalue weighted by molar-refractivity contribution is 6.13. The number of para-hydroxylation sites is 4. The third kappa shape index (κ3) is 4.67. The van der Waals surface area contributed by atoms with Crippen molar-refractivity contribution >= 4 is 49.6 Å². The molecular formula is C59H38N2. The third-order valence-electron chi connectivity index (χ3n) is 13.4. The summed E-state index contributed by atoms with van der Waals surface area (Å²) in [7, 11) is 0. The molecule has 1 spiro atoms. The van der Waals surface area contributed by atoms with Crippen LogP contribution in [0.15, 0.2) is 231 Å². The second-order valence-corrected chi connectivity index (χ2v) is 16.4. The van der Waals surface area contributed by atoms with E-state index in [1.165, 1.54) is 93.9 Å². The number of benzene rings is 10. The van der Waals surface area contributed by atoms with E-state index in [1.54, 1.807) is 0 Å². The minimum Gasteiger partial charge on any atom is -0.309 e. The van der Waals surface area contributed by atoms with Gasteiger partial charge in [-0.15, -0.1) is 0 Å². The standard InChI is InChI=1S/C59H38N2/c1-2-18-39(19-3-1)42-22-6-7-24-44(42)47-26-9-13-32-55(47)60(54-35-16-21-40-20-4-5-23-43(40)54)41-36-37-46-45-25-8-11-29-50(45)59(53(46)38-41)51-30-12-15-34-57(51)61-56-33-14-10-27-48(56)49-28-17-31-52(59)58(49)61/h1-38H. The largest absolute Gasteiger partial charge is 0.309 e. The summed E-state index contributed by atoms with van der Waals surface area (Å²) >= 11 is 0. The number of aromatic nitrogens is 1. The van der Waals surface area contributed by atoms with Gasteiger partial charge in [-0.1, -0.05) is 194 Å². The first-order valence-electron chi connectivity index (χ1n) is 21.2. The predicted octanol–water partition coefficient (Wildman–Crippen LogP) is 15.4. The van der Waals surface area contributed by atoms with Crippen LogP contribution in [0, 0.1) is 0 Å². The van der Waals surface area contributed by atoms with E-state index in [2.05, 4.69) is 240 Å². The molecule has 61 heavy (non-hydrogen) atoms. The lowest BCUT2D eigenvalue weighted by Crippen LogP contribution is -2.33. The highest BCUT2D eigenvalue weighted by atomic mass is 15.1. The van der Waals surface area contributed by atoms with Crippen LogP contribution in [-0.4, -0.2) is 4.57 Å². The Morgan fingerprint density at radius 2 is 0.934 bits per heavy atom. The fourth-order valence-electron chi connectivity index (χ4n) is 11.0. The van der Waals surface area contributed by atoms with Crippen molar-refractivity contribution in [1.29, 1.82) is 0 Å². The van der Waals surface area contributed by atoms with Crippen molar-refractivity contribution in [3.05, 3.63) is 253 Å². The summed E-state index contributed by atoms with van der Waals surface area (Å²) in [6.07, 6.45) is 0. The van der Waals surface area contributed by atoms with Gasteiger partial charge in [-0.2, -0.15) is 0 Å². The first-order chi connectivity index (χ1) is 30.3. The monoisotopic (exact) mass is 774 g/mol. The van der Waals surface area contributed by atoms with Crippen LogP contribution >= 0.6 is 0 Å². The van der Waals surface area contributed by atoms with Crippen molar-refractivity contribution in [2.45, 2.75) is 5.41 Å². The van der Waals surface area contributed by atoms with E-state index >= 15 is 0 Å². The lowest BCUT2D eigenvalue weighted by Gasteiger charge is -2.40. The van der Waals surface area contributed by atoms with Crippen molar-refractivity contribution in [3.8, 4) is 39.1 Å². The van der Waals surface area contributed by atoms with E-state index in [1.807, 2.05) is 0 Å². The number of fused-ring (bicyclic) bond motifs is 13. The molecule has 0 amide bonds. The quantitative estimate of drug-likeness (QED) is 0.169. The number of anilines is 3. The van der Waals surface area contributed by atoms with Crippen molar-refractivity contribution in [1.82, 2.24) is 4.57 Å². The summed E-state index contributed by atoms with van der Waals surface area (Å²) in [5.74, 6) is 0. The van der Waals surface area contributed by atoms with Gasteiger partial charge in [-0.3, -0.25) is 0 Å². The molecule has 1 aromatic heterocycles. The number of hydrogen-bond donors (Lipinski definition) is 0. The summed E-state index contributed by atoms with van der Waals surface area (Å²) in [5, 5.41) is 4.97. The molecule has 0 saturated heterocycles. The predicted molar refractivity (Wildman–Crippen MR) is 255 cm³/mol. The van der Waals surface area contributed by atoms with Crippen molar-refractivity contribution in [2.24, 2.45) is 0 Å². The molecule has 0 radical (unpaired) electrons. The molecule has 11 aromatic rings. The minimum atomic E-state index is -0.563. The molecule has 13 rings (SSSR count). The summed E-state index contributed by atoms with van der Waals surface area (Å²) in [5.41, 5.74) is 19.1. The van der Waals surface area contributed by atoms with Crippen LogP contribution in [0.25, 0.3) is 71.6 Å². The van der Waals surface area contributed by atoms with Gasteiger partial charge in [0.1, 0.15) is 0 Å². The second-order valence-electron chi connectivity index (χ2n) is 16.4. The van der Waals surface area contributed by atoms with E-state index in [9.17, 15) is 0 Å². The fraction of sp³-hybridized carbons (Fsp3) is 0.0169. The zero-order valence-corrected chi connectivity index (χ0v) is 33.3. The lowest BCUT2D eigenvalue weighted by atomic mass is 9.65. The van der Waals surface area contributed by atoms with E-state index < -0.39 is 5.41 Å². The molecule has 0 bridgehead atoms. The zero-order chi connectivity index (χ0) is 40.1. The first kappa shape index (κ1) is 34.0. The molecule has 284 valence electrons. The van der Waals surface area contributed by atoms with E-state index in [-0.39, 0.29) is 0 Å². The maximum absolute atomic E-state index is 2.52. The van der Waals surface area contributed by atoms with Gasteiger partial charge in [0, 0.05) is 27.4 Å². The van der Waals surface area contributed by atoms with Gasteiger partial charge in [0.25, 0.3) is 0 Å². The molecule has 10 aromatic carbocycles. The normalized spacial score (nSPS) is 14.6. The number of rotatable bonds is 5. The van der Waals surface area contributed by atoms with Gasteiger partial charge in [-0.05, 0) is 91.9 Å². The van der Waals surface area contributed by atoms with E-state index in [0.717, 1.165) is 17.1 Å². The molecule has 1 aliphatic heterocycles. The summed E-state index contributed by atoms with van der Waals surface area (Å²) in [4.78, 5) is 2.52. The third-order valence-corrected chi connectivity index (χ3v) is 13.4. The van der Waals surface area contributed by atoms with Crippen molar-refractivity contribution in [2.75, 3.05) is 4.90 Å². The highest BCUT2D eigenvalue weighted by Crippen LogP contribution is 2.62. The van der Waals surface area contributed by atoms with Crippen LogP contribution in [0.4, 0.5) is 17.1 Å². The molecule has 2 heteroatoms. The Morgan fingerprint density at radius 1 is 0.344 bits per heavy atom. The highest BCUT2D eigenvalue weighted by Gasteiger charge is 2.51. The summed E-state index contributed by atoms with van der Waals surface area (Å²) < 4.78 is 2.52. The van der Waals surface area contributed by atoms with Crippen LogP contribution in [0.2, 0.25) is 0 Å². The Bertz CT molecular complexity index is 3550. The fourth-order valence-corrected chi connectivity index (χ4v) is 11.0. The van der Waals surface area contributed by atoms with Gasteiger partial charge in [-0.25, -0.2) is 0 Å². The first-order valence-corrected chi connectivity index (χ1v) is 21.2. The molecule has 1 aliphatic carbocycles. The van der Waals surface area contributed by atoms with Crippen molar-refractivity contribution in [3.63, 3.8) is 0 Å². The molecule has 2 heterocycles. The topological polar surface area (TPSA) is 8.17 Å². The van der Waals surface area contributed by atoms with Crippen LogP contribution < -0.4 is 4.90 Å². The van der Waals surface area contributed by atoms with Crippen molar-refractivity contribution < 1.29 is 0 Å². The molecule has 0 N–H and O–H groups in total. The van der Waals surface area contributed by atoms with E-state index in [0.29, 0.717) is 0 Å².